The van der Waals surface area contributed by atoms with E-state index < -0.39 is 28.4 Å². The summed E-state index contributed by atoms with van der Waals surface area (Å²) in [5.74, 6) is -0.777. The fourth-order valence-corrected chi connectivity index (χ4v) is 3.90. The molecule has 2 aromatic rings. The van der Waals surface area contributed by atoms with Crippen molar-refractivity contribution in [3.05, 3.63) is 53.1 Å². The molecule has 3 rings (SSSR count). The Balaban J connectivity index is 0.00000109. The van der Waals surface area contributed by atoms with Crippen molar-refractivity contribution in [1.82, 2.24) is 0 Å². The van der Waals surface area contributed by atoms with E-state index in [1.54, 1.807) is 12.1 Å². The van der Waals surface area contributed by atoms with Crippen molar-refractivity contribution in [3.8, 4) is 11.5 Å². The molecule has 0 saturated carbocycles. The zero-order valence-corrected chi connectivity index (χ0v) is 15.3. The van der Waals surface area contributed by atoms with Gasteiger partial charge in [-0.05, 0) is 42.0 Å². The van der Waals surface area contributed by atoms with E-state index in [4.69, 9.17) is 4.74 Å². The molecule has 6 heteroatoms. The monoisotopic (exact) mass is 370 g/mol. The standard InChI is InChI=1S/C17H15F3O2S.C2H6/c1-10-2-3-14-15(4-5-16(17(10)14)23(21)9-18)22-13-7-11(19)6-12(20)8-13;1-2/h4-8,10H,2-3,9H2,1H3;1-2H3. The summed E-state index contributed by atoms with van der Waals surface area (Å²) in [5.41, 5.74) is 1.66. The van der Waals surface area contributed by atoms with Crippen molar-refractivity contribution >= 4 is 10.8 Å². The van der Waals surface area contributed by atoms with Gasteiger partial charge in [-0.15, -0.1) is 0 Å². The summed E-state index contributed by atoms with van der Waals surface area (Å²) in [6, 6.07) is 5.19. The first kappa shape index (κ1) is 19.5. The van der Waals surface area contributed by atoms with E-state index in [-0.39, 0.29) is 11.7 Å². The molecule has 2 aromatic carbocycles. The van der Waals surface area contributed by atoms with Crippen LogP contribution in [0.25, 0.3) is 0 Å². The van der Waals surface area contributed by atoms with Crippen LogP contribution in [-0.4, -0.2) is 10.2 Å². The Morgan fingerprint density at radius 1 is 1.16 bits per heavy atom. The highest BCUT2D eigenvalue weighted by Crippen LogP contribution is 2.43. The summed E-state index contributed by atoms with van der Waals surface area (Å²) < 4.78 is 56.9. The molecule has 0 amide bonds. The quantitative estimate of drug-likeness (QED) is 0.673. The van der Waals surface area contributed by atoms with Gasteiger partial charge < -0.3 is 4.74 Å². The number of ether oxygens (including phenoxy) is 1. The Labute approximate surface area is 148 Å². The van der Waals surface area contributed by atoms with Crippen LogP contribution >= 0.6 is 0 Å². The molecule has 0 aliphatic heterocycles. The molecule has 0 fully saturated rings. The van der Waals surface area contributed by atoms with E-state index >= 15 is 0 Å². The maximum Gasteiger partial charge on any atom is 0.169 e. The average molecular weight is 370 g/mol. The molecule has 0 aromatic heterocycles. The molecule has 2 nitrogen and oxygen atoms in total. The van der Waals surface area contributed by atoms with Crippen LogP contribution in [0.3, 0.4) is 0 Å². The Bertz CT molecular complexity index is 757. The van der Waals surface area contributed by atoms with Gasteiger partial charge in [-0.1, -0.05) is 20.8 Å². The largest absolute Gasteiger partial charge is 0.457 e. The van der Waals surface area contributed by atoms with Crippen LogP contribution in [0.15, 0.2) is 35.2 Å². The number of fused-ring (bicyclic) bond motifs is 1. The number of hydrogen-bond donors (Lipinski definition) is 0. The molecule has 136 valence electrons. The van der Waals surface area contributed by atoms with E-state index in [0.29, 0.717) is 17.1 Å². The van der Waals surface area contributed by atoms with Crippen molar-refractivity contribution in [2.24, 2.45) is 0 Å². The third-order valence-corrected chi connectivity index (χ3v) is 5.05. The summed E-state index contributed by atoms with van der Waals surface area (Å²) >= 11 is 0. The summed E-state index contributed by atoms with van der Waals surface area (Å²) in [6.45, 7) is 5.98. The summed E-state index contributed by atoms with van der Waals surface area (Å²) in [7, 11) is -1.70. The third kappa shape index (κ3) is 4.24. The predicted molar refractivity (Wildman–Crippen MR) is 93.3 cm³/mol. The SMILES string of the molecule is CC.CC1CCc2c(Oc3cc(F)cc(F)c3)ccc(S(=O)CF)c21. The van der Waals surface area contributed by atoms with Crippen LogP contribution < -0.4 is 4.74 Å². The fourth-order valence-electron chi connectivity index (χ4n) is 2.99. The molecule has 2 unspecified atom stereocenters. The maximum absolute atomic E-state index is 13.3. The average Bonchev–Trinajstić information content (AvgIpc) is 2.98. The van der Waals surface area contributed by atoms with Crippen molar-refractivity contribution in [1.29, 1.82) is 0 Å². The second-order valence-electron chi connectivity index (χ2n) is 5.56. The predicted octanol–water partition coefficient (Wildman–Crippen LogP) is 5.87. The minimum Gasteiger partial charge on any atom is -0.457 e. The van der Waals surface area contributed by atoms with Gasteiger partial charge >= 0.3 is 0 Å². The van der Waals surface area contributed by atoms with E-state index in [1.807, 2.05) is 20.8 Å². The van der Waals surface area contributed by atoms with Gasteiger partial charge in [0.15, 0.2) is 6.01 Å². The molecule has 0 bridgehead atoms. The summed E-state index contributed by atoms with van der Waals surface area (Å²) in [6.07, 6.45) is 1.53. The van der Waals surface area contributed by atoms with Gasteiger partial charge in [0.25, 0.3) is 0 Å². The number of alkyl halides is 1. The van der Waals surface area contributed by atoms with Crippen LogP contribution in [0.1, 0.15) is 44.2 Å². The minimum atomic E-state index is -1.70. The number of benzene rings is 2. The lowest BCUT2D eigenvalue weighted by atomic mass is 10.0. The minimum absolute atomic E-state index is 0.0589. The lowest BCUT2D eigenvalue weighted by Gasteiger charge is -2.15. The summed E-state index contributed by atoms with van der Waals surface area (Å²) in [4.78, 5) is 0.477. The maximum atomic E-state index is 13.3. The Morgan fingerprint density at radius 3 is 2.40 bits per heavy atom. The molecular formula is C19H21F3O2S. The second kappa shape index (κ2) is 8.52. The molecule has 2 atom stereocenters. The van der Waals surface area contributed by atoms with Gasteiger partial charge in [-0.25, -0.2) is 13.2 Å². The second-order valence-corrected chi connectivity index (χ2v) is 6.90. The zero-order valence-electron chi connectivity index (χ0n) is 14.4. The molecule has 1 aliphatic carbocycles. The van der Waals surface area contributed by atoms with E-state index in [2.05, 4.69) is 0 Å². The number of rotatable bonds is 4. The van der Waals surface area contributed by atoms with Crippen LogP contribution in [0, 0.1) is 11.6 Å². The molecule has 1 aliphatic rings. The Kier molecular flexibility index (Phi) is 6.64. The third-order valence-electron chi connectivity index (χ3n) is 4.00. The smallest absolute Gasteiger partial charge is 0.169 e. The molecular weight excluding hydrogens is 349 g/mol. The highest BCUT2D eigenvalue weighted by Gasteiger charge is 2.27. The van der Waals surface area contributed by atoms with E-state index in [9.17, 15) is 17.4 Å². The van der Waals surface area contributed by atoms with E-state index in [1.165, 1.54) is 0 Å². The number of hydrogen-bond acceptors (Lipinski definition) is 2. The first-order chi connectivity index (χ1) is 12.0. The van der Waals surface area contributed by atoms with Gasteiger partial charge in [-0.2, -0.15) is 0 Å². The van der Waals surface area contributed by atoms with Gasteiger partial charge in [0.05, 0.1) is 10.8 Å². The van der Waals surface area contributed by atoms with Crippen molar-refractivity contribution in [3.63, 3.8) is 0 Å². The molecule has 25 heavy (non-hydrogen) atoms. The topological polar surface area (TPSA) is 26.3 Å². The first-order valence-electron chi connectivity index (χ1n) is 8.23. The van der Waals surface area contributed by atoms with Crippen LogP contribution in [0.5, 0.6) is 11.5 Å². The van der Waals surface area contributed by atoms with Crippen molar-refractivity contribution < 1.29 is 22.1 Å². The lowest BCUT2D eigenvalue weighted by molar-refractivity contribution is 0.463. The molecule has 0 radical (unpaired) electrons. The Hall–Kier alpha value is -1.82. The van der Waals surface area contributed by atoms with Gasteiger partial charge in [0.1, 0.15) is 23.1 Å². The molecule has 0 saturated heterocycles. The van der Waals surface area contributed by atoms with Crippen molar-refractivity contribution in [2.45, 2.75) is 44.4 Å². The van der Waals surface area contributed by atoms with Gasteiger partial charge in [0.2, 0.25) is 0 Å². The normalized spacial score (nSPS) is 16.6. The fraction of sp³-hybridized carbons (Fsp3) is 0.368. The number of halogens is 3. The van der Waals surface area contributed by atoms with Crippen LogP contribution in [-0.2, 0) is 17.2 Å². The van der Waals surface area contributed by atoms with E-state index in [0.717, 1.165) is 35.7 Å². The molecule has 0 heterocycles. The first-order valence-corrected chi connectivity index (χ1v) is 9.55. The van der Waals surface area contributed by atoms with Crippen molar-refractivity contribution in [2.75, 3.05) is 6.01 Å². The lowest BCUT2D eigenvalue weighted by Crippen LogP contribution is -2.02. The van der Waals surface area contributed by atoms with Crippen LogP contribution in [0.2, 0.25) is 0 Å². The molecule has 0 spiro atoms. The highest BCUT2D eigenvalue weighted by atomic mass is 32.2. The molecule has 0 N–H and O–H groups in total. The zero-order chi connectivity index (χ0) is 18.6. The highest BCUT2D eigenvalue weighted by molar-refractivity contribution is 7.84. The summed E-state index contributed by atoms with van der Waals surface area (Å²) in [5, 5.41) is 0. The Morgan fingerprint density at radius 2 is 1.80 bits per heavy atom. The van der Waals surface area contributed by atoms with Gasteiger partial charge in [-0.3, -0.25) is 4.21 Å². The van der Waals surface area contributed by atoms with Gasteiger partial charge in [0, 0.05) is 23.1 Å². The van der Waals surface area contributed by atoms with Crippen LogP contribution in [0.4, 0.5) is 13.2 Å².